The van der Waals surface area contributed by atoms with E-state index < -0.39 is 12.1 Å². The van der Waals surface area contributed by atoms with Gasteiger partial charge in [0, 0.05) is 23.2 Å². The van der Waals surface area contributed by atoms with E-state index in [0.717, 1.165) is 10.9 Å². The summed E-state index contributed by atoms with van der Waals surface area (Å²) in [7, 11) is 1.61. The van der Waals surface area contributed by atoms with Crippen LogP contribution in [-0.4, -0.2) is 29.4 Å². The van der Waals surface area contributed by atoms with Gasteiger partial charge in [-0.2, -0.15) is 0 Å². The van der Waals surface area contributed by atoms with Crippen molar-refractivity contribution in [2.24, 2.45) is 0 Å². The summed E-state index contributed by atoms with van der Waals surface area (Å²) in [5.74, 6) is 0.0756. The molecule has 1 unspecified atom stereocenters. The number of aliphatic hydroxyl groups is 1. The highest BCUT2D eigenvalue weighted by atomic mass is 16.5. The molecule has 1 aromatic heterocycles. The Morgan fingerprint density at radius 2 is 2.10 bits per heavy atom. The Morgan fingerprint density at radius 3 is 2.67 bits per heavy atom. The highest BCUT2D eigenvalue weighted by Gasteiger charge is 2.25. The van der Waals surface area contributed by atoms with Crippen LogP contribution in [0.25, 0.3) is 10.9 Å². The molecular formula is C16H21NO4. The summed E-state index contributed by atoms with van der Waals surface area (Å²) in [6.07, 6.45) is 0.499. The van der Waals surface area contributed by atoms with Gasteiger partial charge in [0.15, 0.2) is 6.10 Å². The molecule has 0 aliphatic rings. The number of carbonyl (C=O) groups excluding carboxylic acids is 1. The molecule has 0 bridgehead atoms. The van der Waals surface area contributed by atoms with Gasteiger partial charge in [-0.05, 0) is 26.8 Å². The summed E-state index contributed by atoms with van der Waals surface area (Å²) in [5, 5.41) is 11.0. The lowest BCUT2D eigenvalue weighted by atomic mass is 10.1. The van der Waals surface area contributed by atoms with E-state index in [-0.39, 0.29) is 12.6 Å². The minimum atomic E-state index is -1.29. The largest absolute Gasteiger partial charge is 0.495 e. The quantitative estimate of drug-likeness (QED) is 0.861. The lowest BCUT2D eigenvalue weighted by molar-refractivity contribution is -0.153. The first-order valence-electron chi connectivity index (χ1n) is 7.03. The SMILES string of the molecule is CCOC(=O)C(O)c1cn(C(C)C)c2c(OC)cccc12. The Kier molecular flexibility index (Phi) is 4.53. The van der Waals surface area contributed by atoms with E-state index in [9.17, 15) is 9.90 Å². The van der Waals surface area contributed by atoms with Crippen molar-refractivity contribution >= 4 is 16.9 Å². The standard InChI is InChI=1S/C16H21NO4/c1-5-21-16(19)15(18)12-9-17(10(2)3)14-11(12)7-6-8-13(14)20-4/h6-10,15,18H,5H2,1-4H3. The smallest absolute Gasteiger partial charge is 0.339 e. The number of nitrogens with zero attached hydrogens (tertiary/aromatic N) is 1. The van der Waals surface area contributed by atoms with Crippen LogP contribution in [0.15, 0.2) is 24.4 Å². The molecule has 0 saturated carbocycles. The Hall–Kier alpha value is -2.01. The molecule has 0 saturated heterocycles. The van der Waals surface area contributed by atoms with Gasteiger partial charge >= 0.3 is 5.97 Å². The van der Waals surface area contributed by atoms with E-state index in [4.69, 9.17) is 9.47 Å². The van der Waals surface area contributed by atoms with Crippen LogP contribution in [0, 0.1) is 0 Å². The average molecular weight is 291 g/mol. The molecule has 0 radical (unpaired) electrons. The summed E-state index contributed by atoms with van der Waals surface area (Å²) in [5.41, 5.74) is 1.41. The lowest BCUT2D eigenvalue weighted by Gasteiger charge is -2.11. The van der Waals surface area contributed by atoms with Crippen molar-refractivity contribution in [2.75, 3.05) is 13.7 Å². The zero-order valence-electron chi connectivity index (χ0n) is 12.8. The molecule has 2 rings (SSSR count). The third-order valence-electron chi connectivity index (χ3n) is 3.43. The van der Waals surface area contributed by atoms with Crippen molar-refractivity contribution in [1.29, 1.82) is 0 Å². The van der Waals surface area contributed by atoms with Crippen LogP contribution < -0.4 is 4.74 Å². The second kappa shape index (κ2) is 6.18. The van der Waals surface area contributed by atoms with Crippen LogP contribution in [0.5, 0.6) is 5.75 Å². The third kappa shape index (κ3) is 2.74. The molecule has 0 spiro atoms. The topological polar surface area (TPSA) is 60.7 Å². The minimum absolute atomic E-state index is 0.173. The number of aliphatic hydroxyl groups excluding tert-OH is 1. The van der Waals surface area contributed by atoms with E-state index >= 15 is 0 Å². The van der Waals surface area contributed by atoms with Crippen LogP contribution in [0.2, 0.25) is 0 Å². The highest BCUT2D eigenvalue weighted by Crippen LogP contribution is 2.35. The predicted molar refractivity (Wildman–Crippen MR) is 80.5 cm³/mol. The molecule has 114 valence electrons. The van der Waals surface area contributed by atoms with E-state index in [1.807, 2.05) is 36.6 Å². The Bertz CT molecular complexity index is 645. The maximum atomic E-state index is 11.8. The monoisotopic (exact) mass is 291 g/mol. The van der Waals surface area contributed by atoms with Crippen LogP contribution in [0.1, 0.15) is 38.5 Å². The van der Waals surface area contributed by atoms with Gasteiger partial charge in [-0.3, -0.25) is 0 Å². The molecule has 0 fully saturated rings. The minimum Gasteiger partial charge on any atom is -0.495 e. The molecule has 2 aromatic rings. The van der Waals surface area contributed by atoms with Gasteiger partial charge in [-0.1, -0.05) is 12.1 Å². The number of esters is 1. The number of rotatable bonds is 5. The van der Waals surface area contributed by atoms with Gasteiger partial charge in [0.05, 0.1) is 19.2 Å². The van der Waals surface area contributed by atoms with Gasteiger partial charge in [-0.15, -0.1) is 0 Å². The van der Waals surface area contributed by atoms with Crippen molar-refractivity contribution in [3.05, 3.63) is 30.0 Å². The lowest BCUT2D eigenvalue weighted by Crippen LogP contribution is -2.15. The number of hydrogen-bond donors (Lipinski definition) is 1. The maximum absolute atomic E-state index is 11.8. The Morgan fingerprint density at radius 1 is 1.38 bits per heavy atom. The van der Waals surface area contributed by atoms with Crippen molar-refractivity contribution in [1.82, 2.24) is 4.57 Å². The van der Waals surface area contributed by atoms with E-state index in [0.29, 0.717) is 11.3 Å². The molecule has 5 heteroatoms. The first kappa shape index (κ1) is 15.4. The Labute approximate surface area is 124 Å². The molecule has 0 aliphatic carbocycles. The number of carbonyl (C=O) groups is 1. The summed E-state index contributed by atoms with van der Waals surface area (Å²) in [6, 6.07) is 5.75. The molecule has 21 heavy (non-hydrogen) atoms. The van der Waals surface area contributed by atoms with Gasteiger partial charge in [-0.25, -0.2) is 4.79 Å². The number of benzene rings is 1. The van der Waals surface area contributed by atoms with Crippen LogP contribution in [-0.2, 0) is 9.53 Å². The molecular weight excluding hydrogens is 270 g/mol. The van der Waals surface area contributed by atoms with Crippen LogP contribution >= 0.6 is 0 Å². The maximum Gasteiger partial charge on any atom is 0.339 e. The number of ether oxygens (including phenoxy) is 2. The van der Waals surface area contributed by atoms with Gasteiger partial charge in [0.25, 0.3) is 0 Å². The molecule has 1 aromatic carbocycles. The van der Waals surface area contributed by atoms with Gasteiger partial charge < -0.3 is 19.1 Å². The first-order valence-corrected chi connectivity index (χ1v) is 7.03. The van der Waals surface area contributed by atoms with E-state index in [2.05, 4.69) is 0 Å². The normalized spacial score (nSPS) is 12.7. The molecule has 1 heterocycles. The van der Waals surface area contributed by atoms with E-state index in [1.165, 1.54) is 0 Å². The van der Waals surface area contributed by atoms with E-state index in [1.54, 1.807) is 20.2 Å². The highest BCUT2D eigenvalue weighted by molar-refractivity contribution is 5.93. The van der Waals surface area contributed by atoms with Crippen LogP contribution in [0.3, 0.4) is 0 Å². The fraction of sp³-hybridized carbons (Fsp3) is 0.438. The molecule has 1 atom stereocenters. The number of methoxy groups -OCH3 is 1. The summed E-state index contributed by atoms with van der Waals surface area (Å²) >= 11 is 0. The summed E-state index contributed by atoms with van der Waals surface area (Å²) in [6.45, 7) is 6.02. The van der Waals surface area contributed by atoms with Crippen molar-refractivity contribution in [3.8, 4) is 5.75 Å². The number of fused-ring (bicyclic) bond motifs is 1. The average Bonchev–Trinajstić information content (AvgIpc) is 2.86. The van der Waals surface area contributed by atoms with Gasteiger partial charge in [0.2, 0.25) is 0 Å². The predicted octanol–water partition coefficient (Wildman–Crippen LogP) is 2.83. The third-order valence-corrected chi connectivity index (χ3v) is 3.43. The zero-order valence-corrected chi connectivity index (χ0v) is 12.8. The second-order valence-electron chi connectivity index (χ2n) is 5.10. The summed E-state index contributed by atoms with van der Waals surface area (Å²) < 4.78 is 12.3. The van der Waals surface area contributed by atoms with Crippen molar-refractivity contribution < 1.29 is 19.4 Å². The zero-order chi connectivity index (χ0) is 15.6. The molecule has 0 amide bonds. The fourth-order valence-corrected chi connectivity index (χ4v) is 2.44. The fourth-order valence-electron chi connectivity index (χ4n) is 2.44. The number of aromatic nitrogens is 1. The van der Waals surface area contributed by atoms with Crippen molar-refractivity contribution in [2.45, 2.75) is 32.9 Å². The summed E-state index contributed by atoms with van der Waals surface area (Å²) in [4.78, 5) is 11.8. The van der Waals surface area contributed by atoms with Crippen LogP contribution in [0.4, 0.5) is 0 Å². The number of para-hydroxylation sites is 1. The Balaban J connectivity index is 2.63. The number of hydrogen-bond acceptors (Lipinski definition) is 4. The van der Waals surface area contributed by atoms with Gasteiger partial charge in [0.1, 0.15) is 5.75 Å². The first-order chi connectivity index (χ1) is 10.0. The molecule has 1 N–H and O–H groups in total. The van der Waals surface area contributed by atoms with Crippen molar-refractivity contribution in [3.63, 3.8) is 0 Å². The second-order valence-corrected chi connectivity index (χ2v) is 5.10. The molecule has 0 aliphatic heterocycles. The molecule has 5 nitrogen and oxygen atoms in total.